The SMILES string of the molecule is CN(C)C(CNC(=O)C(=O)Nc1ccc2c(c1)OCO2)c1cccs1. The first-order valence-corrected chi connectivity index (χ1v) is 8.61. The van der Waals surface area contributed by atoms with Gasteiger partial charge in [-0.1, -0.05) is 6.07 Å². The molecular formula is C17H19N3O4S. The van der Waals surface area contributed by atoms with Crippen LogP contribution in [-0.4, -0.2) is 44.1 Å². The number of likely N-dealkylation sites (N-methyl/N-ethyl adjacent to an activating group) is 1. The van der Waals surface area contributed by atoms with Crippen molar-refractivity contribution in [2.45, 2.75) is 6.04 Å². The van der Waals surface area contributed by atoms with Crippen LogP contribution in [0.25, 0.3) is 0 Å². The quantitative estimate of drug-likeness (QED) is 0.795. The number of anilines is 1. The molecule has 2 heterocycles. The molecule has 2 aromatic rings. The Bertz CT molecular complexity index is 761. The lowest BCUT2D eigenvalue weighted by atomic mass is 10.2. The molecule has 0 saturated carbocycles. The lowest BCUT2D eigenvalue weighted by Gasteiger charge is -2.23. The molecule has 0 spiro atoms. The molecule has 2 N–H and O–H groups in total. The van der Waals surface area contributed by atoms with Crippen molar-refractivity contribution in [3.8, 4) is 11.5 Å². The van der Waals surface area contributed by atoms with Gasteiger partial charge in [-0.05, 0) is 37.7 Å². The minimum Gasteiger partial charge on any atom is -0.454 e. The monoisotopic (exact) mass is 361 g/mol. The maximum absolute atomic E-state index is 12.1. The summed E-state index contributed by atoms with van der Waals surface area (Å²) in [5.74, 6) is -0.237. The first-order valence-electron chi connectivity index (χ1n) is 7.73. The molecule has 3 rings (SSSR count). The number of fused-ring (bicyclic) bond motifs is 1. The molecule has 1 aliphatic heterocycles. The molecule has 0 radical (unpaired) electrons. The standard InChI is InChI=1S/C17H19N3O4S/c1-20(2)12(15-4-3-7-25-15)9-18-16(21)17(22)19-11-5-6-13-14(8-11)24-10-23-13/h3-8,12H,9-10H2,1-2H3,(H,18,21)(H,19,22). The van der Waals surface area contributed by atoms with Crippen molar-refractivity contribution >= 4 is 28.8 Å². The predicted molar refractivity (Wildman–Crippen MR) is 95.0 cm³/mol. The first-order chi connectivity index (χ1) is 12.0. The van der Waals surface area contributed by atoms with E-state index in [9.17, 15) is 9.59 Å². The summed E-state index contributed by atoms with van der Waals surface area (Å²) in [6.45, 7) is 0.503. The molecule has 8 heteroatoms. The second kappa shape index (κ2) is 7.54. The fraction of sp³-hybridized carbons (Fsp3) is 0.294. The van der Waals surface area contributed by atoms with E-state index in [2.05, 4.69) is 10.6 Å². The summed E-state index contributed by atoms with van der Waals surface area (Å²) in [4.78, 5) is 27.3. The summed E-state index contributed by atoms with van der Waals surface area (Å²) in [5.41, 5.74) is 0.479. The fourth-order valence-electron chi connectivity index (χ4n) is 2.45. The van der Waals surface area contributed by atoms with Gasteiger partial charge in [0.25, 0.3) is 0 Å². The lowest BCUT2D eigenvalue weighted by Crippen LogP contribution is -2.40. The van der Waals surface area contributed by atoms with Crippen LogP contribution >= 0.6 is 11.3 Å². The van der Waals surface area contributed by atoms with Crippen LogP contribution in [0.15, 0.2) is 35.7 Å². The normalized spacial score (nSPS) is 13.6. The summed E-state index contributed by atoms with van der Waals surface area (Å²) in [7, 11) is 3.87. The van der Waals surface area contributed by atoms with Crippen LogP contribution in [0.2, 0.25) is 0 Å². The third-order valence-corrected chi connectivity index (χ3v) is 4.76. The van der Waals surface area contributed by atoms with Crippen LogP contribution in [0.3, 0.4) is 0 Å². The highest BCUT2D eigenvalue weighted by atomic mass is 32.1. The fourth-order valence-corrected chi connectivity index (χ4v) is 3.37. The van der Waals surface area contributed by atoms with E-state index < -0.39 is 11.8 Å². The topological polar surface area (TPSA) is 79.9 Å². The molecule has 0 bridgehead atoms. The second-order valence-electron chi connectivity index (χ2n) is 5.73. The van der Waals surface area contributed by atoms with Crippen molar-refractivity contribution in [3.63, 3.8) is 0 Å². The zero-order chi connectivity index (χ0) is 17.8. The van der Waals surface area contributed by atoms with Gasteiger partial charge in [0, 0.05) is 23.2 Å². The summed E-state index contributed by atoms with van der Waals surface area (Å²) < 4.78 is 10.5. The third kappa shape index (κ3) is 4.09. The van der Waals surface area contributed by atoms with Crippen molar-refractivity contribution < 1.29 is 19.1 Å². The van der Waals surface area contributed by atoms with Gasteiger partial charge in [0.2, 0.25) is 6.79 Å². The van der Waals surface area contributed by atoms with E-state index in [-0.39, 0.29) is 12.8 Å². The minimum atomic E-state index is -0.720. The van der Waals surface area contributed by atoms with E-state index in [1.165, 1.54) is 0 Å². The van der Waals surface area contributed by atoms with Crippen molar-refractivity contribution in [2.75, 3.05) is 32.7 Å². The number of hydrogen-bond acceptors (Lipinski definition) is 6. The molecule has 1 atom stereocenters. The molecule has 0 aliphatic carbocycles. The number of benzene rings is 1. The predicted octanol–water partition coefficient (Wildman–Crippen LogP) is 1.83. The molecule has 1 aromatic carbocycles. The highest BCUT2D eigenvalue weighted by molar-refractivity contribution is 7.10. The Balaban J connectivity index is 1.56. The number of hydrogen-bond donors (Lipinski definition) is 2. The van der Waals surface area contributed by atoms with Crippen LogP contribution < -0.4 is 20.1 Å². The summed E-state index contributed by atoms with van der Waals surface area (Å²) in [6, 6.07) is 8.96. The van der Waals surface area contributed by atoms with Gasteiger partial charge in [-0.25, -0.2) is 0 Å². The number of nitrogens with one attached hydrogen (secondary N) is 2. The molecule has 132 valence electrons. The van der Waals surface area contributed by atoms with Gasteiger partial charge in [-0.2, -0.15) is 0 Å². The van der Waals surface area contributed by atoms with E-state index in [0.29, 0.717) is 23.7 Å². The molecular weight excluding hydrogens is 342 g/mol. The Kier molecular flexibility index (Phi) is 5.20. The lowest BCUT2D eigenvalue weighted by molar-refractivity contribution is -0.136. The Morgan fingerprint density at radius 3 is 2.72 bits per heavy atom. The molecule has 0 saturated heterocycles. The molecule has 2 amide bonds. The molecule has 1 aliphatic rings. The Hall–Kier alpha value is -2.58. The van der Waals surface area contributed by atoms with Gasteiger partial charge in [-0.15, -0.1) is 11.3 Å². The van der Waals surface area contributed by atoms with Crippen LogP contribution in [0.5, 0.6) is 11.5 Å². The Labute approximate surface area is 149 Å². The van der Waals surface area contributed by atoms with E-state index in [4.69, 9.17) is 9.47 Å². The number of carbonyl (C=O) groups is 2. The second-order valence-corrected chi connectivity index (χ2v) is 6.71. The average molecular weight is 361 g/mol. The molecule has 1 unspecified atom stereocenters. The van der Waals surface area contributed by atoms with Crippen LogP contribution in [0.1, 0.15) is 10.9 Å². The van der Waals surface area contributed by atoms with Crippen molar-refractivity contribution in [1.82, 2.24) is 10.2 Å². The molecule has 25 heavy (non-hydrogen) atoms. The summed E-state index contributed by atoms with van der Waals surface area (Å²) in [5, 5.41) is 7.23. The number of ether oxygens (including phenoxy) is 2. The number of amides is 2. The maximum atomic E-state index is 12.1. The van der Waals surface area contributed by atoms with E-state index in [0.717, 1.165) is 4.88 Å². The van der Waals surface area contributed by atoms with Gasteiger partial charge >= 0.3 is 11.8 Å². The van der Waals surface area contributed by atoms with Crippen LogP contribution in [0.4, 0.5) is 5.69 Å². The number of carbonyl (C=O) groups excluding carboxylic acids is 2. The Morgan fingerprint density at radius 2 is 2.00 bits per heavy atom. The molecule has 0 fully saturated rings. The zero-order valence-corrected chi connectivity index (χ0v) is 14.8. The van der Waals surface area contributed by atoms with E-state index >= 15 is 0 Å². The maximum Gasteiger partial charge on any atom is 0.313 e. The largest absolute Gasteiger partial charge is 0.454 e. The van der Waals surface area contributed by atoms with E-state index in [1.54, 1.807) is 29.5 Å². The number of nitrogens with zero attached hydrogens (tertiary/aromatic N) is 1. The van der Waals surface area contributed by atoms with Crippen molar-refractivity contribution in [3.05, 3.63) is 40.6 Å². The smallest absolute Gasteiger partial charge is 0.313 e. The Morgan fingerprint density at radius 1 is 1.20 bits per heavy atom. The van der Waals surface area contributed by atoms with E-state index in [1.807, 2.05) is 36.5 Å². The van der Waals surface area contributed by atoms with Gasteiger partial charge in [0.1, 0.15) is 0 Å². The van der Waals surface area contributed by atoms with Gasteiger partial charge in [0.15, 0.2) is 11.5 Å². The number of thiophene rings is 1. The summed E-state index contributed by atoms with van der Waals surface area (Å²) in [6.07, 6.45) is 0. The van der Waals surface area contributed by atoms with Crippen LogP contribution in [0, 0.1) is 0 Å². The zero-order valence-electron chi connectivity index (χ0n) is 13.9. The molecule has 1 aromatic heterocycles. The first kappa shape index (κ1) is 17.2. The van der Waals surface area contributed by atoms with Crippen molar-refractivity contribution in [1.29, 1.82) is 0 Å². The van der Waals surface area contributed by atoms with Gasteiger partial charge in [-0.3, -0.25) is 9.59 Å². The van der Waals surface area contributed by atoms with Crippen LogP contribution in [-0.2, 0) is 9.59 Å². The minimum absolute atomic E-state index is 0.0160. The number of rotatable bonds is 5. The van der Waals surface area contributed by atoms with Gasteiger partial charge < -0.3 is 25.0 Å². The summed E-state index contributed by atoms with van der Waals surface area (Å²) >= 11 is 1.61. The highest BCUT2D eigenvalue weighted by Crippen LogP contribution is 2.34. The average Bonchev–Trinajstić information content (AvgIpc) is 3.25. The van der Waals surface area contributed by atoms with Gasteiger partial charge in [0.05, 0.1) is 6.04 Å². The van der Waals surface area contributed by atoms with Crippen molar-refractivity contribution in [2.24, 2.45) is 0 Å². The third-order valence-electron chi connectivity index (χ3n) is 3.79. The molecule has 7 nitrogen and oxygen atoms in total. The highest BCUT2D eigenvalue weighted by Gasteiger charge is 2.20.